The van der Waals surface area contributed by atoms with E-state index >= 15 is 0 Å². The van der Waals surface area contributed by atoms with Crippen LogP contribution in [0.15, 0.2) is 0 Å². The van der Waals surface area contributed by atoms with Crippen LogP contribution < -0.4 is 15.2 Å². The third kappa shape index (κ3) is 4.90. The fourth-order valence-corrected chi connectivity index (χ4v) is 2.34. The molecule has 1 fully saturated rings. The van der Waals surface area contributed by atoms with E-state index < -0.39 is 10.2 Å². The molecule has 0 aliphatic heterocycles. The molecule has 1 rings (SSSR count). The van der Waals surface area contributed by atoms with Gasteiger partial charge in [0.2, 0.25) is 0 Å². The number of rotatable bonds is 7. The molecule has 0 aromatic carbocycles. The predicted octanol–water partition coefficient (Wildman–Crippen LogP) is -0.300. The topological polar surface area (TPSA) is 84.2 Å². The van der Waals surface area contributed by atoms with Gasteiger partial charge in [0.05, 0.1) is 0 Å². The van der Waals surface area contributed by atoms with E-state index in [1.54, 1.807) is 0 Å². The molecule has 1 aliphatic carbocycles. The first-order chi connectivity index (χ1) is 6.53. The molecule has 0 heterocycles. The van der Waals surface area contributed by atoms with Gasteiger partial charge in [-0.1, -0.05) is 13.3 Å². The maximum atomic E-state index is 11.3. The first kappa shape index (κ1) is 11.9. The molecule has 0 spiro atoms. The Balaban J connectivity index is 2.20. The summed E-state index contributed by atoms with van der Waals surface area (Å²) in [7, 11) is -3.31. The summed E-state index contributed by atoms with van der Waals surface area (Å²) in [6.07, 6.45) is 3.70. The van der Waals surface area contributed by atoms with Gasteiger partial charge in [0.1, 0.15) is 0 Å². The maximum Gasteiger partial charge on any atom is 0.277 e. The van der Waals surface area contributed by atoms with Gasteiger partial charge in [-0.25, -0.2) is 4.72 Å². The van der Waals surface area contributed by atoms with Crippen molar-refractivity contribution in [2.45, 2.75) is 44.7 Å². The van der Waals surface area contributed by atoms with Crippen LogP contribution in [0.25, 0.3) is 0 Å². The van der Waals surface area contributed by atoms with Crippen LogP contribution in [0.3, 0.4) is 0 Å². The van der Waals surface area contributed by atoms with Crippen molar-refractivity contribution in [1.82, 2.24) is 9.44 Å². The lowest BCUT2D eigenvalue weighted by atomic mass is 10.2. The molecule has 84 valence electrons. The summed E-state index contributed by atoms with van der Waals surface area (Å²) in [5, 5.41) is 0. The Labute approximate surface area is 85.6 Å². The number of hydrogen-bond acceptors (Lipinski definition) is 3. The van der Waals surface area contributed by atoms with Crippen molar-refractivity contribution >= 4 is 10.2 Å². The second-order valence-corrected chi connectivity index (χ2v) is 5.32. The average Bonchev–Trinajstić information content (AvgIpc) is 2.85. The number of hydrogen-bond donors (Lipinski definition) is 3. The average molecular weight is 221 g/mol. The standard InChI is InChI=1S/C8H19N3O2S/c1-2-3-7(9)6-10-14(12,13)11-8-4-5-8/h7-8,10-11H,2-6,9H2,1H3. The van der Waals surface area contributed by atoms with Gasteiger partial charge < -0.3 is 5.73 Å². The molecular formula is C8H19N3O2S. The second kappa shape index (κ2) is 5.06. The summed E-state index contributed by atoms with van der Waals surface area (Å²) in [4.78, 5) is 0. The van der Waals surface area contributed by atoms with Gasteiger partial charge in [0.15, 0.2) is 0 Å². The smallest absolute Gasteiger partial charge is 0.277 e. The monoisotopic (exact) mass is 221 g/mol. The van der Waals surface area contributed by atoms with E-state index in [1.807, 2.05) is 6.92 Å². The summed E-state index contributed by atoms with van der Waals surface area (Å²) in [6, 6.07) is 0.0608. The number of nitrogens with one attached hydrogen (secondary N) is 2. The Morgan fingerprint density at radius 3 is 2.64 bits per heavy atom. The molecular weight excluding hydrogens is 202 g/mol. The second-order valence-electron chi connectivity index (χ2n) is 3.79. The van der Waals surface area contributed by atoms with Gasteiger partial charge >= 0.3 is 0 Å². The molecule has 1 aliphatic rings. The highest BCUT2D eigenvalue weighted by atomic mass is 32.2. The highest BCUT2D eigenvalue weighted by Gasteiger charge is 2.26. The Bertz CT molecular complexity index is 262. The molecule has 0 aromatic rings. The number of nitrogens with two attached hydrogens (primary N) is 1. The van der Waals surface area contributed by atoms with Crippen LogP contribution >= 0.6 is 0 Å². The molecule has 0 bridgehead atoms. The highest BCUT2D eigenvalue weighted by molar-refractivity contribution is 7.87. The van der Waals surface area contributed by atoms with Gasteiger partial charge in [-0.15, -0.1) is 0 Å². The van der Waals surface area contributed by atoms with E-state index in [-0.39, 0.29) is 12.1 Å². The van der Waals surface area contributed by atoms with Crippen LogP contribution in [0.2, 0.25) is 0 Å². The molecule has 1 saturated carbocycles. The first-order valence-electron chi connectivity index (χ1n) is 5.06. The molecule has 1 unspecified atom stereocenters. The normalized spacial score (nSPS) is 19.6. The lowest BCUT2D eigenvalue weighted by Crippen LogP contribution is -2.43. The molecule has 14 heavy (non-hydrogen) atoms. The zero-order valence-corrected chi connectivity index (χ0v) is 9.31. The Hall–Kier alpha value is -0.170. The van der Waals surface area contributed by atoms with Crippen molar-refractivity contribution in [2.24, 2.45) is 5.73 Å². The Morgan fingerprint density at radius 1 is 1.50 bits per heavy atom. The van der Waals surface area contributed by atoms with Crippen LogP contribution in [0.5, 0.6) is 0 Å². The SMILES string of the molecule is CCCC(N)CNS(=O)(=O)NC1CC1. The molecule has 0 saturated heterocycles. The Kier molecular flexibility index (Phi) is 4.31. The third-order valence-electron chi connectivity index (χ3n) is 2.09. The van der Waals surface area contributed by atoms with Crippen molar-refractivity contribution in [1.29, 1.82) is 0 Å². The first-order valence-corrected chi connectivity index (χ1v) is 6.54. The van der Waals surface area contributed by atoms with E-state index in [9.17, 15) is 8.42 Å². The van der Waals surface area contributed by atoms with Crippen molar-refractivity contribution in [3.05, 3.63) is 0 Å². The fraction of sp³-hybridized carbons (Fsp3) is 1.00. The van der Waals surface area contributed by atoms with E-state index in [2.05, 4.69) is 9.44 Å². The minimum Gasteiger partial charge on any atom is -0.327 e. The zero-order chi connectivity index (χ0) is 10.6. The molecule has 5 nitrogen and oxygen atoms in total. The fourth-order valence-electron chi connectivity index (χ4n) is 1.15. The summed E-state index contributed by atoms with van der Waals surface area (Å²) >= 11 is 0. The summed E-state index contributed by atoms with van der Waals surface area (Å²) in [6.45, 7) is 2.34. The van der Waals surface area contributed by atoms with Crippen molar-refractivity contribution in [2.75, 3.05) is 6.54 Å². The summed E-state index contributed by atoms with van der Waals surface area (Å²) < 4.78 is 27.6. The van der Waals surface area contributed by atoms with Crippen LogP contribution in [0, 0.1) is 0 Å². The lowest BCUT2D eigenvalue weighted by molar-refractivity contribution is 0.542. The largest absolute Gasteiger partial charge is 0.327 e. The Morgan fingerprint density at radius 2 is 2.14 bits per heavy atom. The van der Waals surface area contributed by atoms with E-state index in [0.717, 1.165) is 25.7 Å². The quantitative estimate of drug-likeness (QED) is 0.552. The van der Waals surface area contributed by atoms with Crippen LogP contribution in [-0.4, -0.2) is 27.0 Å². The lowest BCUT2D eigenvalue weighted by Gasteiger charge is -2.12. The third-order valence-corrected chi connectivity index (χ3v) is 3.28. The minimum absolute atomic E-state index is 0.0872. The molecule has 0 aromatic heterocycles. The van der Waals surface area contributed by atoms with E-state index in [4.69, 9.17) is 5.73 Å². The van der Waals surface area contributed by atoms with Crippen molar-refractivity contribution in [3.8, 4) is 0 Å². The highest BCUT2D eigenvalue weighted by Crippen LogP contribution is 2.19. The predicted molar refractivity (Wildman–Crippen MR) is 56.0 cm³/mol. The van der Waals surface area contributed by atoms with Crippen LogP contribution in [-0.2, 0) is 10.2 Å². The van der Waals surface area contributed by atoms with Crippen LogP contribution in [0.1, 0.15) is 32.6 Å². The molecule has 0 radical (unpaired) electrons. The van der Waals surface area contributed by atoms with Crippen LogP contribution in [0.4, 0.5) is 0 Å². The van der Waals surface area contributed by atoms with Crippen molar-refractivity contribution in [3.63, 3.8) is 0 Å². The molecule has 1 atom stereocenters. The summed E-state index contributed by atoms with van der Waals surface area (Å²) in [5.41, 5.74) is 5.68. The van der Waals surface area contributed by atoms with Gasteiger partial charge in [-0.05, 0) is 19.3 Å². The van der Waals surface area contributed by atoms with Crippen molar-refractivity contribution < 1.29 is 8.42 Å². The van der Waals surface area contributed by atoms with Gasteiger partial charge in [0, 0.05) is 18.6 Å². The molecule has 4 N–H and O–H groups in total. The zero-order valence-electron chi connectivity index (χ0n) is 8.49. The van der Waals surface area contributed by atoms with Gasteiger partial charge in [0.25, 0.3) is 10.2 Å². The maximum absolute atomic E-state index is 11.3. The van der Waals surface area contributed by atoms with E-state index in [0.29, 0.717) is 6.54 Å². The molecule has 6 heteroatoms. The van der Waals surface area contributed by atoms with Gasteiger partial charge in [-0.2, -0.15) is 13.1 Å². The van der Waals surface area contributed by atoms with Gasteiger partial charge in [-0.3, -0.25) is 0 Å². The minimum atomic E-state index is -3.31. The summed E-state index contributed by atoms with van der Waals surface area (Å²) in [5.74, 6) is 0. The van der Waals surface area contributed by atoms with E-state index in [1.165, 1.54) is 0 Å². The molecule has 0 amide bonds.